The van der Waals surface area contributed by atoms with Gasteiger partial charge in [-0.1, -0.05) is 29.0 Å². The van der Waals surface area contributed by atoms with Crippen molar-refractivity contribution in [1.82, 2.24) is 4.98 Å². The average Bonchev–Trinajstić information content (AvgIpc) is 3.07. The van der Waals surface area contributed by atoms with E-state index in [0.29, 0.717) is 15.8 Å². The number of carbonyl (C=O) groups is 1. The largest absolute Gasteiger partial charge is 0.414 e. The number of aromatic nitrogens is 1. The van der Waals surface area contributed by atoms with E-state index in [1.165, 1.54) is 48.8 Å². The van der Waals surface area contributed by atoms with Crippen molar-refractivity contribution in [2.24, 2.45) is 0 Å². The molecule has 2 aromatic heterocycles. The van der Waals surface area contributed by atoms with E-state index < -0.39 is 20.9 Å². The van der Waals surface area contributed by atoms with Crippen LogP contribution in [0.5, 0.6) is 0 Å². The third kappa shape index (κ3) is 3.53. The second-order valence-corrected chi connectivity index (χ2v) is 9.40. The highest BCUT2D eigenvalue weighted by Gasteiger charge is 2.33. The minimum absolute atomic E-state index is 0.0241. The van der Waals surface area contributed by atoms with Crippen LogP contribution in [-0.4, -0.2) is 19.3 Å². The minimum Gasteiger partial charge on any atom is -0.414 e. The fourth-order valence-corrected chi connectivity index (χ4v) is 5.47. The lowest BCUT2D eigenvalue weighted by molar-refractivity contribution is 0.101. The molecular weight excluding hydrogens is 424 g/mol. The van der Waals surface area contributed by atoms with Crippen LogP contribution in [0.4, 0.5) is 5.69 Å². The summed E-state index contributed by atoms with van der Waals surface area (Å²) in [6.07, 6.45) is 2.83. The van der Waals surface area contributed by atoms with Crippen LogP contribution in [0.3, 0.4) is 0 Å². The Bertz CT molecular complexity index is 1420. The van der Waals surface area contributed by atoms with Crippen molar-refractivity contribution in [2.45, 2.75) is 18.7 Å². The summed E-state index contributed by atoms with van der Waals surface area (Å²) < 4.78 is 33.5. The molecule has 9 heteroatoms. The van der Waals surface area contributed by atoms with Crippen molar-refractivity contribution in [2.75, 3.05) is 4.31 Å². The SMILES string of the molecule is Cc1ccc(S(=O)(=O)N(C(=O)c2ccncc2)c2ccc3oc(=O)sc3c2)c(C)c1. The van der Waals surface area contributed by atoms with Gasteiger partial charge in [-0.15, -0.1) is 0 Å². The van der Waals surface area contributed by atoms with E-state index in [2.05, 4.69) is 4.98 Å². The first kappa shape index (κ1) is 20.0. The van der Waals surface area contributed by atoms with Gasteiger partial charge in [0.05, 0.1) is 15.3 Å². The molecule has 7 nitrogen and oxygen atoms in total. The van der Waals surface area contributed by atoms with Crippen LogP contribution in [0.1, 0.15) is 21.5 Å². The van der Waals surface area contributed by atoms with Crippen LogP contribution in [0.2, 0.25) is 0 Å². The van der Waals surface area contributed by atoms with Crippen LogP contribution >= 0.6 is 11.3 Å². The highest BCUT2D eigenvalue weighted by molar-refractivity contribution is 7.93. The number of rotatable bonds is 4. The topological polar surface area (TPSA) is 97.6 Å². The molecule has 0 bridgehead atoms. The van der Waals surface area contributed by atoms with Gasteiger partial charge in [-0.3, -0.25) is 9.78 Å². The molecule has 0 N–H and O–H groups in total. The molecule has 2 heterocycles. The Labute approximate surface area is 176 Å². The molecule has 30 heavy (non-hydrogen) atoms. The highest BCUT2D eigenvalue weighted by Crippen LogP contribution is 2.31. The fourth-order valence-electron chi connectivity index (χ4n) is 3.15. The van der Waals surface area contributed by atoms with Gasteiger partial charge in [0, 0.05) is 18.0 Å². The normalized spacial score (nSPS) is 11.5. The van der Waals surface area contributed by atoms with Crippen LogP contribution in [-0.2, 0) is 10.0 Å². The zero-order chi connectivity index (χ0) is 21.5. The van der Waals surface area contributed by atoms with Crippen molar-refractivity contribution in [3.05, 3.63) is 87.3 Å². The minimum atomic E-state index is -4.25. The highest BCUT2D eigenvalue weighted by atomic mass is 32.2. The number of hydrogen-bond acceptors (Lipinski definition) is 7. The number of sulfonamides is 1. The average molecular weight is 441 g/mol. The first-order valence-corrected chi connectivity index (χ1v) is 11.1. The second kappa shape index (κ2) is 7.51. The number of benzene rings is 2. The maximum absolute atomic E-state index is 13.6. The number of amides is 1. The van der Waals surface area contributed by atoms with E-state index in [9.17, 15) is 18.0 Å². The van der Waals surface area contributed by atoms with E-state index in [1.807, 2.05) is 6.92 Å². The van der Waals surface area contributed by atoms with Gasteiger partial charge in [-0.25, -0.2) is 13.2 Å². The van der Waals surface area contributed by atoms with Crippen molar-refractivity contribution in [3.8, 4) is 0 Å². The molecule has 2 aromatic carbocycles. The Morgan fingerprint density at radius 3 is 2.47 bits per heavy atom. The Hall–Kier alpha value is -3.30. The third-order valence-corrected chi connectivity index (χ3v) is 7.17. The Kier molecular flexibility index (Phi) is 5.00. The second-order valence-electron chi connectivity index (χ2n) is 6.66. The molecule has 0 aliphatic rings. The zero-order valence-electron chi connectivity index (χ0n) is 16.0. The van der Waals surface area contributed by atoms with E-state index in [1.54, 1.807) is 19.1 Å². The molecule has 152 valence electrons. The maximum Gasteiger partial charge on any atom is 0.396 e. The van der Waals surface area contributed by atoms with Crippen LogP contribution in [0.25, 0.3) is 10.3 Å². The maximum atomic E-state index is 13.6. The Morgan fingerprint density at radius 2 is 1.77 bits per heavy atom. The quantitative estimate of drug-likeness (QED) is 0.477. The van der Waals surface area contributed by atoms with Gasteiger partial charge >= 0.3 is 4.94 Å². The van der Waals surface area contributed by atoms with E-state index in [0.717, 1.165) is 21.2 Å². The summed E-state index contributed by atoms with van der Waals surface area (Å²) in [5.74, 6) is -0.729. The molecule has 1 amide bonds. The molecule has 0 saturated carbocycles. The van der Waals surface area contributed by atoms with Crippen LogP contribution in [0.15, 0.2) is 75.0 Å². The predicted molar refractivity (Wildman–Crippen MR) is 115 cm³/mol. The number of hydrogen-bond donors (Lipinski definition) is 0. The summed E-state index contributed by atoms with van der Waals surface area (Å²) in [5, 5.41) is 0. The van der Waals surface area contributed by atoms with Crippen LogP contribution < -0.4 is 9.24 Å². The van der Waals surface area contributed by atoms with Crippen LogP contribution in [0, 0.1) is 13.8 Å². The molecule has 0 aliphatic carbocycles. The van der Waals surface area contributed by atoms with Crippen molar-refractivity contribution < 1.29 is 17.6 Å². The molecule has 0 fully saturated rings. The standard InChI is InChI=1S/C21H16N2O5S2/c1-13-3-6-19(14(2)11-13)30(26,27)23(20(24)15-7-9-22-10-8-15)16-4-5-17-18(12-16)29-21(25)28-17/h3-12H,1-2H3. The summed E-state index contributed by atoms with van der Waals surface area (Å²) in [6.45, 7) is 3.54. The number of anilines is 1. The van der Waals surface area contributed by atoms with Gasteiger partial charge in [-0.2, -0.15) is 4.31 Å². The third-order valence-electron chi connectivity index (χ3n) is 4.51. The summed E-state index contributed by atoms with van der Waals surface area (Å²) in [7, 11) is -4.25. The van der Waals surface area contributed by atoms with Crippen molar-refractivity contribution >= 4 is 43.2 Å². The molecule has 0 atom stereocenters. The first-order valence-electron chi connectivity index (χ1n) is 8.88. The lowest BCUT2D eigenvalue weighted by atomic mass is 10.2. The molecule has 0 unspecified atom stereocenters. The van der Waals surface area contributed by atoms with E-state index >= 15 is 0 Å². The van der Waals surface area contributed by atoms with Gasteiger partial charge in [0.2, 0.25) is 0 Å². The summed E-state index contributed by atoms with van der Waals surface area (Å²) in [4.78, 5) is 28.3. The van der Waals surface area contributed by atoms with E-state index in [-0.39, 0.29) is 16.1 Å². The number of pyridine rings is 1. The number of nitrogens with zero attached hydrogens (tertiary/aromatic N) is 2. The summed E-state index contributed by atoms with van der Waals surface area (Å²) in [6, 6.07) is 12.2. The zero-order valence-corrected chi connectivity index (χ0v) is 17.7. The molecule has 0 aliphatic heterocycles. The lowest BCUT2D eigenvalue weighted by Crippen LogP contribution is -2.37. The monoisotopic (exact) mass is 440 g/mol. The Morgan fingerprint density at radius 1 is 1.03 bits per heavy atom. The molecule has 0 spiro atoms. The lowest BCUT2D eigenvalue weighted by Gasteiger charge is -2.23. The summed E-state index contributed by atoms with van der Waals surface area (Å²) >= 11 is 0.838. The van der Waals surface area contributed by atoms with Gasteiger partial charge in [0.15, 0.2) is 0 Å². The number of fused-ring (bicyclic) bond motifs is 1. The van der Waals surface area contributed by atoms with Gasteiger partial charge in [-0.05, 0) is 55.8 Å². The number of aryl methyl sites for hydroxylation is 2. The van der Waals surface area contributed by atoms with Gasteiger partial charge in [0.25, 0.3) is 15.9 Å². The molecule has 0 saturated heterocycles. The number of carbonyl (C=O) groups excluding carboxylic acids is 1. The molecule has 4 rings (SSSR count). The molecule has 0 radical (unpaired) electrons. The summed E-state index contributed by atoms with van der Waals surface area (Å²) in [5.41, 5.74) is 2.04. The first-order chi connectivity index (χ1) is 14.3. The molecule has 4 aromatic rings. The smallest absolute Gasteiger partial charge is 0.396 e. The van der Waals surface area contributed by atoms with Gasteiger partial charge < -0.3 is 4.42 Å². The predicted octanol–water partition coefficient (Wildman–Crippen LogP) is 3.90. The fraction of sp³-hybridized carbons (Fsp3) is 0.0952. The van der Waals surface area contributed by atoms with Gasteiger partial charge in [0.1, 0.15) is 5.58 Å². The van der Waals surface area contributed by atoms with Crippen molar-refractivity contribution in [3.63, 3.8) is 0 Å². The van der Waals surface area contributed by atoms with Crippen molar-refractivity contribution in [1.29, 1.82) is 0 Å². The van der Waals surface area contributed by atoms with E-state index in [4.69, 9.17) is 4.42 Å². The molecular formula is C21H16N2O5S2. The Balaban J connectivity index is 1.94.